The van der Waals surface area contributed by atoms with Crippen LogP contribution in [0, 0.1) is 0 Å². The molecule has 3 nitrogen and oxygen atoms in total. The molecule has 19 heavy (non-hydrogen) atoms. The molecule has 0 aliphatic carbocycles. The molecule has 0 saturated heterocycles. The number of rotatable bonds is 3. The minimum atomic E-state index is -3.97. The third-order valence-electron chi connectivity index (χ3n) is 2.22. The normalized spacial score (nSPS) is 11.3. The molecule has 2 aromatic carbocycles. The van der Waals surface area contributed by atoms with Crippen LogP contribution in [0.4, 0.5) is 0 Å². The van der Waals surface area contributed by atoms with Crippen LogP contribution >= 0.6 is 39.1 Å². The Bertz CT molecular complexity index is 717. The molecule has 0 amide bonds. The van der Waals surface area contributed by atoms with E-state index in [1.165, 1.54) is 12.1 Å². The minimum absolute atomic E-state index is 0.00933. The zero-order valence-electron chi connectivity index (χ0n) is 9.31. The number of hydrogen-bond donors (Lipinski definition) is 0. The van der Waals surface area contributed by atoms with Gasteiger partial charge in [0.1, 0.15) is 9.92 Å². The van der Waals surface area contributed by atoms with E-state index in [-0.39, 0.29) is 20.7 Å². The van der Waals surface area contributed by atoms with Gasteiger partial charge in [-0.05, 0) is 40.2 Å². The molecular formula is C12H7BrCl2O3S. The fraction of sp³-hybridized carbons (Fsp3) is 0. The summed E-state index contributed by atoms with van der Waals surface area (Å²) >= 11 is 14.9. The van der Waals surface area contributed by atoms with Crippen molar-refractivity contribution in [3.8, 4) is 5.75 Å². The molecule has 7 heteroatoms. The van der Waals surface area contributed by atoms with Crippen LogP contribution in [0.2, 0.25) is 10.0 Å². The SMILES string of the molecule is O=S(=O)(Oc1cccc(Cl)c1Cl)c1ccccc1Br. The van der Waals surface area contributed by atoms with Crippen molar-refractivity contribution in [3.63, 3.8) is 0 Å². The van der Waals surface area contributed by atoms with E-state index in [4.69, 9.17) is 27.4 Å². The van der Waals surface area contributed by atoms with E-state index in [9.17, 15) is 8.42 Å². The lowest BCUT2D eigenvalue weighted by molar-refractivity contribution is 0.485. The summed E-state index contributed by atoms with van der Waals surface area (Å²) in [6.07, 6.45) is 0. The van der Waals surface area contributed by atoms with Crippen LogP contribution in [0.5, 0.6) is 5.75 Å². The second kappa shape index (κ2) is 5.71. The largest absolute Gasteiger partial charge is 0.377 e. The zero-order chi connectivity index (χ0) is 14.0. The molecule has 0 aliphatic rings. The van der Waals surface area contributed by atoms with E-state index in [1.54, 1.807) is 30.3 Å². The van der Waals surface area contributed by atoms with Crippen LogP contribution in [0.1, 0.15) is 0 Å². The van der Waals surface area contributed by atoms with Crippen molar-refractivity contribution in [3.05, 3.63) is 57.0 Å². The second-order valence-corrected chi connectivity index (χ2v) is 6.67. The summed E-state index contributed by atoms with van der Waals surface area (Å²) in [6, 6.07) is 10.9. The van der Waals surface area contributed by atoms with Crippen LogP contribution in [-0.4, -0.2) is 8.42 Å². The van der Waals surface area contributed by atoms with Crippen molar-refractivity contribution < 1.29 is 12.6 Å². The predicted octanol–water partition coefficient (Wildman–Crippen LogP) is 4.52. The number of halogens is 3. The van der Waals surface area contributed by atoms with Gasteiger partial charge >= 0.3 is 10.1 Å². The Morgan fingerprint density at radius 3 is 2.37 bits per heavy atom. The highest BCUT2D eigenvalue weighted by Gasteiger charge is 2.21. The molecule has 0 saturated carbocycles. The van der Waals surface area contributed by atoms with Gasteiger partial charge in [0.05, 0.1) is 5.02 Å². The molecule has 0 radical (unpaired) electrons. The Hall–Kier alpha value is -0.750. The first-order valence-electron chi connectivity index (χ1n) is 5.05. The molecule has 2 aromatic rings. The fourth-order valence-electron chi connectivity index (χ4n) is 1.36. The molecule has 0 heterocycles. The Balaban J connectivity index is 2.43. The summed E-state index contributed by atoms with van der Waals surface area (Å²) in [4.78, 5) is 0.0195. The quantitative estimate of drug-likeness (QED) is 0.734. The third-order valence-corrected chi connectivity index (χ3v) is 5.27. The number of hydrogen-bond acceptors (Lipinski definition) is 3. The van der Waals surface area contributed by atoms with Crippen molar-refractivity contribution >= 4 is 49.2 Å². The van der Waals surface area contributed by atoms with E-state index >= 15 is 0 Å². The van der Waals surface area contributed by atoms with Gasteiger partial charge in [-0.1, -0.05) is 41.4 Å². The maximum atomic E-state index is 12.1. The molecule has 0 spiro atoms. The highest BCUT2D eigenvalue weighted by atomic mass is 79.9. The van der Waals surface area contributed by atoms with Gasteiger partial charge in [0.25, 0.3) is 0 Å². The zero-order valence-corrected chi connectivity index (χ0v) is 13.2. The maximum Gasteiger partial charge on any atom is 0.340 e. The summed E-state index contributed by atoms with van der Waals surface area (Å²) < 4.78 is 29.7. The summed E-state index contributed by atoms with van der Waals surface area (Å²) in [5.41, 5.74) is 0. The van der Waals surface area contributed by atoms with E-state index in [1.807, 2.05) is 0 Å². The van der Waals surface area contributed by atoms with Crippen molar-refractivity contribution in [2.45, 2.75) is 4.90 Å². The molecule has 0 bridgehead atoms. The van der Waals surface area contributed by atoms with E-state index < -0.39 is 10.1 Å². The lowest BCUT2D eigenvalue weighted by Gasteiger charge is -2.10. The Morgan fingerprint density at radius 1 is 1.00 bits per heavy atom. The van der Waals surface area contributed by atoms with Crippen molar-refractivity contribution in [1.29, 1.82) is 0 Å². The van der Waals surface area contributed by atoms with Gasteiger partial charge in [0.15, 0.2) is 5.75 Å². The van der Waals surface area contributed by atoms with Crippen molar-refractivity contribution in [1.82, 2.24) is 0 Å². The summed E-state index contributed by atoms with van der Waals surface area (Å²) in [5.74, 6) is -0.00933. The molecule has 0 N–H and O–H groups in total. The van der Waals surface area contributed by atoms with Crippen molar-refractivity contribution in [2.24, 2.45) is 0 Å². The lowest BCUT2D eigenvalue weighted by Crippen LogP contribution is -2.10. The molecule has 100 valence electrons. The molecule has 0 aromatic heterocycles. The third kappa shape index (κ3) is 3.23. The monoisotopic (exact) mass is 380 g/mol. The summed E-state index contributed by atoms with van der Waals surface area (Å²) in [6.45, 7) is 0. The van der Waals surface area contributed by atoms with Crippen LogP contribution in [0.15, 0.2) is 51.8 Å². The number of benzene rings is 2. The fourth-order valence-corrected chi connectivity index (χ4v) is 3.63. The molecule has 0 unspecified atom stereocenters. The Labute approximate surface area is 129 Å². The van der Waals surface area contributed by atoms with Gasteiger partial charge < -0.3 is 4.18 Å². The molecule has 0 fully saturated rings. The van der Waals surface area contributed by atoms with E-state index in [0.717, 1.165) is 0 Å². The highest BCUT2D eigenvalue weighted by molar-refractivity contribution is 9.10. The molecule has 0 aliphatic heterocycles. The average molecular weight is 382 g/mol. The van der Waals surface area contributed by atoms with E-state index in [2.05, 4.69) is 15.9 Å². The Morgan fingerprint density at radius 2 is 1.68 bits per heavy atom. The average Bonchev–Trinajstić information content (AvgIpc) is 2.35. The smallest absolute Gasteiger partial charge is 0.340 e. The van der Waals surface area contributed by atoms with Gasteiger partial charge in [-0.2, -0.15) is 8.42 Å². The summed E-state index contributed by atoms with van der Waals surface area (Å²) in [7, 11) is -3.97. The first kappa shape index (κ1) is 14.7. The standard InChI is InChI=1S/C12H7BrCl2O3S/c13-8-4-1-2-7-11(8)19(16,17)18-10-6-3-5-9(14)12(10)15/h1-7H. The highest BCUT2D eigenvalue weighted by Crippen LogP contribution is 2.34. The maximum absolute atomic E-state index is 12.1. The van der Waals surface area contributed by atoms with Gasteiger partial charge in [0.2, 0.25) is 0 Å². The predicted molar refractivity (Wildman–Crippen MR) is 78.4 cm³/mol. The van der Waals surface area contributed by atoms with E-state index in [0.29, 0.717) is 4.47 Å². The van der Waals surface area contributed by atoms with Crippen molar-refractivity contribution in [2.75, 3.05) is 0 Å². The summed E-state index contributed by atoms with van der Waals surface area (Å²) in [5, 5.41) is 0.279. The molecular weight excluding hydrogens is 375 g/mol. The van der Waals surface area contributed by atoms with Crippen LogP contribution < -0.4 is 4.18 Å². The van der Waals surface area contributed by atoms with Crippen LogP contribution in [0.3, 0.4) is 0 Å². The first-order chi connectivity index (χ1) is 8.92. The van der Waals surface area contributed by atoms with Crippen LogP contribution in [0.25, 0.3) is 0 Å². The lowest BCUT2D eigenvalue weighted by atomic mass is 10.3. The second-order valence-electron chi connectivity index (χ2n) is 3.52. The first-order valence-corrected chi connectivity index (χ1v) is 8.00. The van der Waals surface area contributed by atoms with Gasteiger partial charge in [0, 0.05) is 4.47 Å². The van der Waals surface area contributed by atoms with Gasteiger partial charge in [-0.3, -0.25) is 0 Å². The minimum Gasteiger partial charge on any atom is -0.377 e. The van der Waals surface area contributed by atoms with Gasteiger partial charge in [-0.25, -0.2) is 0 Å². The topological polar surface area (TPSA) is 43.4 Å². The molecule has 2 rings (SSSR count). The van der Waals surface area contributed by atoms with Crippen LogP contribution in [-0.2, 0) is 10.1 Å². The molecule has 0 atom stereocenters. The van der Waals surface area contributed by atoms with Gasteiger partial charge in [-0.15, -0.1) is 0 Å². The Kier molecular flexibility index (Phi) is 4.40.